The molecule has 3 aromatic rings. The molecule has 29 heavy (non-hydrogen) atoms. The van der Waals surface area contributed by atoms with Crippen LogP contribution in [0.4, 0.5) is 5.69 Å². The van der Waals surface area contributed by atoms with Gasteiger partial charge in [-0.2, -0.15) is 5.10 Å². The quantitative estimate of drug-likeness (QED) is 0.645. The first kappa shape index (κ1) is 20.7. The first-order chi connectivity index (χ1) is 13.9. The molecule has 0 saturated heterocycles. The van der Waals surface area contributed by atoms with E-state index in [0.29, 0.717) is 12.5 Å². The maximum absolute atomic E-state index is 12.8. The van der Waals surface area contributed by atoms with Gasteiger partial charge >= 0.3 is 0 Å². The number of hydrogen-bond acceptors (Lipinski definition) is 5. The van der Waals surface area contributed by atoms with Gasteiger partial charge in [-0.05, 0) is 51.9 Å². The van der Waals surface area contributed by atoms with Gasteiger partial charge in [-0.25, -0.2) is 14.6 Å². The zero-order valence-corrected chi connectivity index (χ0v) is 17.7. The SMILES string of the molecule is CCNCc1ccccc1NC(=O)Cc1c(C)nn(-c2nc(C)cc(C)n2)c1C. The van der Waals surface area contributed by atoms with Crippen LogP contribution in [0.3, 0.4) is 0 Å². The minimum atomic E-state index is -0.0685. The third-order valence-corrected chi connectivity index (χ3v) is 4.80. The Morgan fingerprint density at radius 3 is 2.45 bits per heavy atom. The summed E-state index contributed by atoms with van der Waals surface area (Å²) in [5.74, 6) is 0.465. The number of aromatic nitrogens is 4. The van der Waals surface area contributed by atoms with E-state index in [1.165, 1.54) is 0 Å². The van der Waals surface area contributed by atoms with Crippen molar-refractivity contribution in [2.75, 3.05) is 11.9 Å². The van der Waals surface area contributed by atoms with Crippen molar-refractivity contribution < 1.29 is 4.79 Å². The Labute approximate surface area is 171 Å². The van der Waals surface area contributed by atoms with Gasteiger partial charge in [-0.1, -0.05) is 25.1 Å². The summed E-state index contributed by atoms with van der Waals surface area (Å²) in [6.45, 7) is 11.4. The molecule has 0 bridgehead atoms. The molecule has 2 aromatic heterocycles. The van der Waals surface area contributed by atoms with Crippen molar-refractivity contribution in [2.45, 2.75) is 47.6 Å². The normalized spacial score (nSPS) is 10.9. The van der Waals surface area contributed by atoms with Gasteiger partial charge in [0.2, 0.25) is 5.91 Å². The van der Waals surface area contributed by atoms with E-state index in [1.54, 1.807) is 4.68 Å². The van der Waals surface area contributed by atoms with Crippen LogP contribution in [0.25, 0.3) is 5.95 Å². The number of carbonyl (C=O) groups excluding carboxylic acids is 1. The van der Waals surface area contributed by atoms with Crippen molar-refractivity contribution in [3.63, 3.8) is 0 Å². The van der Waals surface area contributed by atoms with E-state index in [0.717, 1.165) is 46.1 Å². The first-order valence-electron chi connectivity index (χ1n) is 9.85. The van der Waals surface area contributed by atoms with Gasteiger partial charge in [0.05, 0.1) is 12.1 Å². The van der Waals surface area contributed by atoms with Crippen LogP contribution in [0, 0.1) is 27.7 Å². The van der Waals surface area contributed by atoms with E-state index in [2.05, 4.69) is 32.6 Å². The summed E-state index contributed by atoms with van der Waals surface area (Å²) in [4.78, 5) is 21.7. The minimum absolute atomic E-state index is 0.0685. The molecule has 2 heterocycles. The molecule has 1 amide bonds. The molecule has 2 N–H and O–H groups in total. The zero-order valence-electron chi connectivity index (χ0n) is 17.7. The number of nitrogens with one attached hydrogen (secondary N) is 2. The molecular formula is C22H28N6O. The predicted octanol–water partition coefficient (Wildman–Crippen LogP) is 3.19. The van der Waals surface area contributed by atoms with E-state index in [1.807, 2.05) is 58.0 Å². The second-order valence-electron chi connectivity index (χ2n) is 7.17. The van der Waals surface area contributed by atoms with Crippen LogP contribution in [0.2, 0.25) is 0 Å². The van der Waals surface area contributed by atoms with E-state index < -0.39 is 0 Å². The maximum Gasteiger partial charge on any atom is 0.251 e. The lowest BCUT2D eigenvalue weighted by Crippen LogP contribution is -2.19. The molecule has 0 spiro atoms. The van der Waals surface area contributed by atoms with Crippen LogP contribution >= 0.6 is 0 Å². The van der Waals surface area contributed by atoms with Crippen molar-refractivity contribution in [1.82, 2.24) is 25.1 Å². The minimum Gasteiger partial charge on any atom is -0.325 e. The Balaban J connectivity index is 1.81. The first-order valence-corrected chi connectivity index (χ1v) is 9.85. The molecule has 3 rings (SSSR count). The van der Waals surface area contributed by atoms with Gasteiger partial charge in [0, 0.05) is 34.9 Å². The summed E-state index contributed by atoms with van der Waals surface area (Å²) in [6, 6.07) is 9.77. The number of rotatable bonds is 7. The summed E-state index contributed by atoms with van der Waals surface area (Å²) in [5.41, 5.74) is 6.25. The number of amides is 1. The van der Waals surface area contributed by atoms with Gasteiger partial charge in [0.1, 0.15) is 0 Å². The van der Waals surface area contributed by atoms with Crippen LogP contribution in [-0.4, -0.2) is 32.2 Å². The second kappa shape index (κ2) is 8.96. The van der Waals surface area contributed by atoms with E-state index in [9.17, 15) is 4.79 Å². The summed E-state index contributed by atoms with van der Waals surface area (Å²) in [6.07, 6.45) is 0.248. The van der Waals surface area contributed by atoms with Crippen molar-refractivity contribution in [3.8, 4) is 5.95 Å². The van der Waals surface area contributed by atoms with E-state index >= 15 is 0 Å². The Kier molecular flexibility index (Phi) is 6.39. The third-order valence-electron chi connectivity index (χ3n) is 4.80. The number of benzene rings is 1. The highest BCUT2D eigenvalue weighted by molar-refractivity contribution is 5.93. The highest BCUT2D eigenvalue weighted by atomic mass is 16.1. The fraction of sp³-hybridized carbons (Fsp3) is 0.364. The Morgan fingerprint density at radius 2 is 1.76 bits per heavy atom. The van der Waals surface area contributed by atoms with Crippen LogP contribution in [0.15, 0.2) is 30.3 Å². The van der Waals surface area contributed by atoms with E-state index in [4.69, 9.17) is 0 Å². The van der Waals surface area contributed by atoms with Crippen LogP contribution < -0.4 is 10.6 Å². The monoisotopic (exact) mass is 392 g/mol. The van der Waals surface area contributed by atoms with Crippen molar-refractivity contribution >= 4 is 11.6 Å². The highest BCUT2D eigenvalue weighted by Gasteiger charge is 2.18. The van der Waals surface area contributed by atoms with Crippen molar-refractivity contribution in [3.05, 3.63) is 64.2 Å². The molecule has 7 nitrogen and oxygen atoms in total. The summed E-state index contributed by atoms with van der Waals surface area (Å²) in [5, 5.41) is 10.9. The van der Waals surface area contributed by atoms with Crippen molar-refractivity contribution in [1.29, 1.82) is 0 Å². The van der Waals surface area contributed by atoms with Crippen LogP contribution in [0.1, 0.15) is 40.8 Å². The van der Waals surface area contributed by atoms with Gasteiger partial charge in [-0.15, -0.1) is 0 Å². The molecule has 0 atom stereocenters. The summed E-state index contributed by atoms with van der Waals surface area (Å²) in [7, 11) is 0. The third kappa shape index (κ3) is 4.86. The Hall–Kier alpha value is -3.06. The standard InChI is InChI=1S/C22H28N6O/c1-6-23-13-18-9-7-8-10-20(18)26-21(29)12-19-16(4)27-28(17(19)5)22-24-14(2)11-15(3)25-22/h7-11,23H,6,12-13H2,1-5H3,(H,26,29). The Morgan fingerprint density at radius 1 is 1.07 bits per heavy atom. The van der Waals surface area contributed by atoms with Gasteiger partial charge < -0.3 is 10.6 Å². The summed E-state index contributed by atoms with van der Waals surface area (Å²) >= 11 is 0. The lowest BCUT2D eigenvalue weighted by molar-refractivity contribution is -0.115. The van der Waals surface area contributed by atoms with Crippen molar-refractivity contribution in [2.24, 2.45) is 0 Å². The number of carbonyl (C=O) groups is 1. The lowest BCUT2D eigenvalue weighted by Gasteiger charge is -2.11. The average molecular weight is 393 g/mol. The number of anilines is 1. The van der Waals surface area contributed by atoms with Gasteiger partial charge in [0.15, 0.2) is 0 Å². The molecule has 7 heteroatoms. The molecule has 0 unspecified atom stereocenters. The topological polar surface area (TPSA) is 84.7 Å². The maximum atomic E-state index is 12.8. The molecule has 0 aliphatic heterocycles. The molecule has 0 fully saturated rings. The van der Waals surface area contributed by atoms with Crippen LogP contribution in [0.5, 0.6) is 0 Å². The second-order valence-corrected chi connectivity index (χ2v) is 7.17. The molecule has 0 aliphatic rings. The largest absolute Gasteiger partial charge is 0.325 e. The molecule has 0 aliphatic carbocycles. The Bertz CT molecular complexity index is 1000. The van der Waals surface area contributed by atoms with Gasteiger partial charge in [0.25, 0.3) is 5.95 Å². The summed E-state index contributed by atoms with van der Waals surface area (Å²) < 4.78 is 1.72. The van der Waals surface area contributed by atoms with Crippen LogP contribution in [-0.2, 0) is 17.8 Å². The smallest absolute Gasteiger partial charge is 0.251 e. The predicted molar refractivity (Wildman–Crippen MR) is 114 cm³/mol. The zero-order chi connectivity index (χ0) is 21.0. The number of para-hydroxylation sites is 1. The molecule has 0 radical (unpaired) electrons. The molecular weight excluding hydrogens is 364 g/mol. The number of hydrogen-bond donors (Lipinski definition) is 2. The van der Waals surface area contributed by atoms with E-state index in [-0.39, 0.29) is 12.3 Å². The highest BCUT2D eigenvalue weighted by Crippen LogP contribution is 2.19. The number of nitrogens with zero attached hydrogens (tertiary/aromatic N) is 4. The molecule has 1 aromatic carbocycles. The average Bonchev–Trinajstić information content (AvgIpc) is 2.95. The molecule has 152 valence electrons. The fourth-order valence-corrected chi connectivity index (χ4v) is 3.34. The lowest BCUT2D eigenvalue weighted by atomic mass is 10.1. The fourth-order valence-electron chi connectivity index (χ4n) is 3.34. The van der Waals surface area contributed by atoms with Gasteiger partial charge in [-0.3, -0.25) is 4.79 Å². The number of aryl methyl sites for hydroxylation is 3. The molecule has 0 saturated carbocycles.